The maximum Gasteiger partial charge on any atom is 0.0227 e. The van der Waals surface area contributed by atoms with Gasteiger partial charge in [-0.05, 0) is 53.9 Å². The third kappa shape index (κ3) is 8.79. The van der Waals surface area contributed by atoms with Gasteiger partial charge < -0.3 is 4.90 Å². The molecule has 0 unspecified atom stereocenters. The Morgan fingerprint density at radius 1 is 0.895 bits per heavy atom. The van der Waals surface area contributed by atoms with E-state index in [-0.39, 0.29) is 0 Å². The topological polar surface area (TPSA) is 6.48 Å². The highest BCUT2D eigenvalue weighted by atomic mass is 15.2. The smallest absolute Gasteiger partial charge is 0.0227 e. The maximum absolute atomic E-state index is 2.46. The van der Waals surface area contributed by atoms with Gasteiger partial charge in [0.2, 0.25) is 0 Å². The van der Waals surface area contributed by atoms with E-state index in [9.17, 15) is 0 Å². The highest BCUT2D eigenvalue weighted by Gasteiger charge is 2.08. The molecule has 0 saturated carbocycles. The predicted octanol–water partition coefficient (Wildman–Crippen LogP) is 3.87. The van der Waals surface area contributed by atoms with E-state index in [1.807, 2.05) is 6.07 Å². The first-order chi connectivity index (χ1) is 8.88. The van der Waals surface area contributed by atoms with E-state index in [4.69, 9.17) is 0 Å². The van der Waals surface area contributed by atoms with Crippen LogP contribution in [0.25, 0.3) is 0 Å². The minimum atomic E-state index is 0.690. The molecule has 1 aromatic carbocycles. The van der Waals surface area contributed by atoms with Gasteiger partial charge in [-0.2, -0.15) is 0 Å². The van der Waals surface area contributed by atoms with Crippen LogP contribution in [0.15, 0.2) is 30.3 Å². The molecule has 0 heterocycles. The lowest BCUT2D eigenvalue weighted by molar-refractivity contribution is 0.185. The van der Waals surface area contributed by atoms with E-state index in [0.717, 1.165) is 13.1 Å². The van der Waals surface area contributed by atoms with Gasteiger partial charge in [-0.15, -0.1) is 0 Å². The SMILES string of the molecule is CCN(C(C)C)C(C)C.CN(C)Cc1ccccc1. The lowest BCUT2D eigenvalue weighted by atomic mass is 10.2. The first kappa shape index (κ1) is 18.1. The maximum atomic E-state index is 2.46. The molecule has 0 spiro atoms. The second kappa shape index (κ2) is 9.99. The molecule has 0 N–H and O–H groups in total. The molecule has 0 atom stereocenters. The second-order valence-electron chi connectivity index (χ2n) is 5.74. The van der Waals surface area contributed by atoms with Gasteiger partial charge in [0.1, 0.15) is 0 Å². The van der Waals surface area contributed by atoms with Crippen molar-refractivity contribution in [1.82, 2.24) is 9.80 Å². The number of benzene rings is 1. The molecule has 0 fully saturated rings. The molecule has 0 bridgehead atoms. The highest BCUT2D eigenvalue weighted by Crippen LogP contribution is 2.02. The number of hydrogen-bond acceptors (Lipinski definition) is 2. The van der Waals surface area contributed by atoms with E-state index >= 15 is 0 Å². The Hall–Kier alpha value is -0.860. The minimum Gasteiger partial charge on any atom is -0.305 e. The molecule has 1 aromatic rings. The molecule has 19 heavy (non-hydrogen) atoms. The van der Waals surface area contributed by atoms with Crippen molar-refractivity contribution in [3.8, 4) is 0 Å². The zero-order valence-corrected chi connectivity index (χ0v) is 13.9. The monoisotopic (exact) mass is 264 g/mol. The lowest BCUT2D eigenvalue weighted by Gasteiger charge is -2.28. The van der Waals surface area contributed by atoms with Crippen LogP contribution < -0.4 is 0 Å². The van der Waals surface area contributed by atoms with Gasteiger partial charge >= 0.3 is 0 Å². The van der Waals surface area contributed by atoms with Crippen molar-refractivity contribution < 1.29 is 0 Å². The predicted molar refractivity (Wildman–Crippen MR) is 86.5 cm³/mol. The minimum absolute atomic E-state index is 0.690. The number of rotatable bonds is 5. The number of nitrogens with zero attached hydrogens (tertiary/aromatic N) is 2. The van der Waals surface area contributed by atoms with Crippen molar-refractivity contribution in [3.05, 3.63) is 35.9 Å². The summed E-state index contributed by atoms with van der Waals surface area (Å²) in [5, 5.41) is 0. The van der Waals surface area contributed by atoms with Gasteiger partial charge in [0, 0.05) is 18.6 Å². The van der Waals surface area contributed by atoms with Gasteiger partial charge in [-0.1, -0.05) is 37.3 Å². The normalized spacial score (nSPS) is 11.1. The standard InChI is InChI=1S/C9H13N.C8H19N/c1-10(2)8-9-6-4-3-5-7-9;1-6-9(7(2)3)8(4)5/h3-7H,8H2,1-2H3;7-8H,6H2,1-5H3. The molecule has 0 radical (unpaired) electrons. The van der Waals surface area contributed by atoms with E-state index in [0.29, 0.717) is 12.1 Å². The van der Waals surface area contributed by atoms with Crippen LogP contribution in [0.2, 0.25) is 0 Å². The van der Waals surface area contributed by atoms with Gasteiger partial charge in [0.15, 0.2) is 0 Å². The van der Waals surface area contributed by atoms with E-state index < -0.39 is 0 Å². The summed E-state index contributed by atoms with van der Waals surface area (Å²) in [7, 11) is 4.15. The fourth-order valence-corrected chi connectivity index (χ4v) is 2.28. The Balaban J connectivity index is 0.000000344. The molecule has 0 aliphatic heterocycles. The third-order valence-electron chi connectivity index (χ3n) is 3.03. The van der Waals surface area contributed by atoms with E-state index in [2.05, 4.69) is 82.8 Å². The highest BCUT2D eigenvalue weighted by molar-refractivity contribution is 5.14. The quantitative estimate of drug-likeness (QED) is 0.796. The fraction of sp³-hybridized carbons (Fsp3) is 0.647. The van der Waals surface area contributed by atoms with Gasteiger partial charge in [0.25, 0.3) is 0 Å². The summed E-state index contributed by atoms with van der Waals surface area (Å²) in [6.07, 6.45) is 0. The Labute approximate surface area is 120 Å². The van der Waals surface area contributed by atoms with Crippen molar-refractivity contribution in [2.75, 3.05) is 20.6 Å². The Bertz CT molecular complexity index is 296. The van der Waals surface area contributed by atoms with Crippen molar-refractivity contribution in [1.29, 1.82) is 0 Å². The van der Waals surface area contributed by atoms with Crippen LogP contribution in [0.3, 0.4) is 0 Å². The third-order valence-corrected chi connectivity index (χ3v) is 3.03. The van der Waals surface area contributed by atoms with Crippen molar-refractivity contribution in [3.63, 3.8) is 0 Å². The van der Waals surface area contributed by atoms with Crippen molar-refractivity contribution in [2.24, 2.45) is 0 Å². The van der Waals surface area contributed by atoms with Crippen LogP contribution in [-0.2, 0) is 6.54 Å². The lowest BCUT2D eigenvalue weighted by Crippen LogP contribution is -2.36. The Morgan fingerprint density at radius 3 is 1.63 bits per heavy atom. The van der Waals surface area contributed by atoms with Crippen LogP contribution in [0.4, 0.5) is 0 Å². The summed E-state index contributed by atoms with van der Waals surface area (Å²) < 4.78 is 0. The Kier molecular flexibility index (Phi) is 9.54. The molecule has 2 heteroatoms. The average molecular weight is 264 g/mol. The molecular formula is C17H32N2. The van der Waals surface area contributed by atoms with Gasteiger partial charge in [-0.25, -0.2) is 0 Å². The van der Waals surface area contributed by atoms with Gasteiger partial charge in [-0.3, -0.25) is 4.90 Å². The summed E-state index contributed by atoms with van der Waals surface area (Å²) in [5.74, 6) is 0. The summed E-state index contributed by atoms with van der Waals surface area (Å²) in [4.78, 5) is 4.62. The van der Waals surface area contributed by atoms with Gasteiger partial charge in [0.05, 0.1) is 0 Å². The van der Waals surface area contributed by atoms with Crippen molar-refractivity contribution in [2.45, 2.75) is 53.2 Å². The summed E-state index contributed by atoms with van der Waals surface area (Å²) >= 11 is 0. The summed E-state index contributed by atoms with van der Waals surface area (Å²) in [6, 6.07) is 11.8. The molecule has 110 valence electrons. The van der Waals surface area contributed by atoms with E-state index in [1.165, 1.54) is 5.56 Å². The van der Waals surface area contributed by atoms with Crippen LogP contribution in [0.5, 0.6) is 0 Å². The zero-order chi connectivity index (χ0) is 14.8. The Morgan fingerprint density at radius 2 is 1.37 bits per heavy atom. The van der Waals surface area contributed by atoms with Crippen LogP contribution in [-0.4, -0.2) is 42.5 Å². The summed E-state index contributed by atoms with van der Waals surface area (Å²) in [6.45, 7) is 13.4. The second-order valence-corrected chi connectivity index (χ2v) is 5.74. The molecule has 2 nitrogen and oxygen atoms in total. The van der Waals surface area contributed by atoms with Crippen LogP contribution in [0.1, 0.15) is 40.2 Å². The molecular weight excluding hydrogens is 232 g/mol. The zero-order valence-electron chi connectivity index (χ0n) is 13.9. The average Bonchev–Trinajstić information content (AvgIpc) is 2.30. The fourth-order valence-electron chi connectivity index (χ4n) is 2.28. The van der Waals surface area contributed by atoms with Crippen LogP contribution in [0, 0.1) is 0 Å². The van der Waals surface area contributed by atoms with Crippen molar-refractivity contribution >= 4 is 0 Å². The van der Waals surface area contributed by atoms with E-state index in [1.54, 1.807) is 0 Å². The largest absolute Gasteiger partial charge is 0.305 e. The molecule has 0 aliphatic carbocycles. The van der Waals surface area contributed by atoms with Crippen LogP contribution >= 0.6 is 0 Å². The first-order valence-corrected chi connectivity index (χ1v) is 7.32. The number of hydrogen-bond donors (Lipinski definition) is 0. The molecule has 1 rings (SSSR count). The molecule has 0 saturated heterocycles. The molecule has 0 aromatic heterocycles. The molecule has 0 aliphatic rings. The molecule has 0 amide bonds. The first-order valence-electron chi connectivity index (χ1n) is 7.32. The summed E-state index contributed by atoms with van der Waals surface area (Å²) in [5.41, 5.74) is 1.37.